The van der Waals surface area contributed by atoms with Crippen molar-refractivity contribution in [2.45, 2.75) is 38.8 Å². The summed E-state index contributed by atoms with van der Waals surface area (Å²) in [6.07, 6.45) is 0.947. The highest BCUT2D eigenvalue weighted by atomic mass is 79.9. The second kappa shape index (κ2) is 8.20. The van der Waals surface area contributed by atoms with Crippen LogP contribution in [0, 0.1) is 5.92 Å². The van der Waals surface area contributed by atoms with Gasteiger partial charge in [-0.25, -0.2) is 0 Å². The van der Waals surface area contributed by atoms with Gasteiger partial charge in [-0.05, 0) is 49.2 Å². The first-order valence-electron chi connectivity index (χ1n) is 9.74. The number of hydrogen-bond donors (Lipinski definition) is 1. The normalized spacial score (nSPS) is 19.2. The number of rotatable bonds is 4. The standard InChI is InChI=1S/C22H22Br2N2O3/c1-13-3-2-4-21(28)26(22(13)29)12-16(27)11-25-19-7-5-14(23)9-17(19)18-10-15(24)6-8-20(18)25/h5-10,13,16,27H,2-4,11-12H2,1H3/t13-,16-/m0/s1. The number of β-amino-alcohol motifs (C(OH)–C–C–N with tert-alkyl or cyclic N) is 1. The molecule has 2 amide bonds. The molecule has 152 valence electrons. The molecule has 0 bridgehead atoms. The van der Waals surface area contributed by atoms with Gasteiger partial charge in [-0.15, -0.1) is 0 Å². The molecule has 29 heavy (non-hydrogen) atoms. The maximum Gasteiger partial charge on any atom is 0.232 e. The van der Waals surface area contributed by atoms with Crippen molar-refractivity contribution in [2.24, 2.45) is 5.92 Å². The average Bonchev–Trinajstić information content (AvgIpc) is 2.91. The fourth-order valence-corrected chi connectivity index (χ4v) is 4.85. The monoisotopic (exact) mass is 520 g/mol. The molecule has 1 fully saturated rings. The van der Waals surface area contributed by atoms with Crippen LogP contribution in [0.3, 0.4) is 0 Å². The lowest BCUT2D eigenvalue weighted by molar-refractivity contribution is -0.147. The highest BCUT2D eigenvalue weighted by Gasteiger charge is 2.30. The zero-order valence-corrected chi connectivity index (χ0v) is 19.2. The number of hydrogen-bond acceptors (Lipinski definition) is 3. The Balaban J connectivity index is 1.68. The Hall–Kier alpha value is -1.70. The molecule has 3 aromatic rings. The van der Waals surface area contributed by atoms with Crippen molar-refractivity contribution in [3.05, 3.63) is 45.3 Å². The molecule has 0 unspecified atom stereocenters. The van der Waals surface area contributed by atoms with Crippen LogP contribution in [0.2, 0.25) is 0 Å². The second-order valence-corrected chi connectivity index (χ2v) is 9.55. The molecule has 2 aromatic carbocycles. The van der Waals surface area contributed by atoms with Crippen LogP contribution in [-0.4, -0.2) is 39.0 Å². The van der Waals surface area contributed by atoms with Gasteiger partial charge in [0, 0.05) is 43.1 Å². The number of aliphatic hydroxyl groups excluding tert-OH is 1. The summed E-state index contributed by atoms with van der Waals surface area (Å²) < 4.78 is 4.03. The first-order valence-corrected chi connectivity index (χ1v) is 11.3. The van der Waals surface area contributed by atoms with Crippen molar-refractivity contribution in [3.8, 4) is 0 Å². The molecular formula is C22H22Br2N2O3. The number of amides is 2. The van der Waals surface area contributed by atoms with Crippen LogP contribution in [0.4, 0.5) is 0 Å². The molecule has 4 rings (SSSR count). The van der Waals surface area contributed by atoms with E-state index in [0.717, 1.165) is 37.2 Å². The summed E-state index contributed by atoms with van der Waals surface area (Å²) in [5.74, 6) is -0.549. The van der Waals surface area contributed by atoms with Crippen LogP contribution in [0.15, 0.2) is 45.3 Å². The number of benzene rings is 2. The smallest absolute Gasteiger partial charge is 0.232 e. The number of aromatic nitrogens is 1. The lowest BCUT2D eigenvalue weighted by Crippen LogP contribution is -2.43. The van der Waals surface area contributed by atoms with Crippen molar-refractivity contribution >= 4 is 65.5 Å². The SMILES string of the molecule is C[C@H]1CCCC(=O)N(C[C@@H](O)Cn2c3ccc(Br)cc3c3cc(Br)ccc32)C1=O. The number of halogens is 2. The third-order valence-electron chi connectivity index (χ3n) is 5.59. The number of nitrogens with zero attached hydrogens (tertiary/aromatic N) is 2. The summed E-state index contributed by atoms with van der Waals surface area (Å²) in [6.45, 7) is 2.17. The maximum absolute atomic E-state index is 12.6. The van der Waals surface area contributed by atoms with Crippen LogP contribution in [0.1, 0.15) is 26.2 Å². The van der Waals surface area contributed by atoms with Gasteiger partial charge < -0.3 is 9.67 Å². The maximum atomic E-state index is 12.6. The van der Waals surface area contributed by atoms with E-state index in [-0.39, 0.29) is 24.3 Å². The van der Waals surface area contributed by atoms with Crippen molar-refractivity contribution < 1.29 is 14.7 Å². The molecule has 1 aromatic heterocycles. The Morgan fingerprint density at radius 1 is 1.03 bits per heavy atom. The van der Waals surface area contributed by atoms with Crippen LogP contribution in [-0.2, 0) is 16.1 Å². The van der Waals surface area contributed by atoms with Gasteiger partial charge >= 0.3 is 0 Å². The molecule has 0 radical (unpaired) electrons. The predicted octanol–water partition coefficient (Wildman–Crippen LogP) is 4.86. The Labute approximate surface area is 185 Å². The zero-order valence-electron chi connectivity index (χ0n) is 16.1. The van der Waals surface area contributed by atoms with E-state index < -0.39 is 6.10 Å². The Kier molecular flexibility index (Phi) is 5.82. The first-order chi connectivity index (χ1) is 13.8. The third-order valence-corrected chi connectivity index (χ3v) is 6.58. The quantitative estimate of drug-likeness (QED) is 0.499. The molecule has 2 atom stereocenters. The van der Waals surface area contributed by atoms with Crippen LogP contribution >= 0.6 is 31.9 Å². The van der Waals surface area contributed by atoms with Crippen molar-refractivity contribution in [3.63, 3.8) is 0 Å². The van der Waals surface area contributed by atoms with Gasteiger partial charge in [-0.1, -0.05) is 38.8 Å². The average molecular weight is 522 g/mol. The van der Waals surface area contributed by atoms with E-state index in [2.05, 4.69) is 48.6 Å². The van der Waals surface area contributed by atoms with Gasteiger partial charge in [0.2, 0.25) is 11.8 Å². The van der Waals surface area contributed by atoms with E-state index >= 15 is 0 Å². The van der Waals surface area contributed by atoms with Gasteiger partial charge in [0.1, 0.15) is 0 Å². The molecule has 1 aliphatic rings. The van der Waals surface area contributed by atoms with E-state index in [0.29, 0.717) is 19.4 Å². The van der Waals surface area contributed by atoms with Gasteiger partial charge in [0.05, 0.1) is 19.2 Å². The van der Waals surface area contributed by atoms with E-state index in [1.165, 1.54) is 4.90 Å². The van der Waals surface area contributed by atoms with Gasteiger partial charge in [0.25, 0.3) is 0 Å². The van der Waals surface area contributed by atoms with E-state index in [1.807, 2.05) is 31.2 Å². The van der Waals surface area contributed by atoms with Gasteiger partial charge in [0.15, 0.2) is 0 Å². The number of aliphatic hydroxyl groups is 1. The molecule has 7 heteroatoms. The van der Waals surface area contributed by atoms with Gasteiger partial charge in [-0.3, -0.25) is 14.5 Å². The highest BCUT2D eigenvalue weighted by molar-refractivity contribution is 9.10. The van der Waals surface area contributed by atoms with E-state index in [1.54, 1.807) is 0 Å². The molecule has 0 spiro atoms. The molecule has 1 N–H and O–H groups in total. The Morgan fingerprint density at radius 2 is 1.62 bits per heavy atom. The molecule has 0 saturated carbocycles. The van der Waals surface area contributed by atoms with Gasteiger partial charge in [-0.2, -0.15) is 0 Å². The molecule has 0 aliphatic carbocycles. The molecule has 2 heterocycles. The minimum absolute atomic E-state index is 0.0240. The van der Waals surface area contributed by atoms with Crippen LogP contribution < -0.4 is 0 Å². The summed E-state index contributed by atoms with van der Waals surface area (Å²) in [6, 6.07) is 12.1. The number of likely N-dealkylation sites (tertiary alicyclic amines) is 1. The number of fused-ring (bicyclic) bond motifs is 3. The fraction of sp³-hybridized carbons (Fsp3) is 0.364. The lowest BCUT2D eigenvalue weighted by atomic mass is 10.1. The summed E-state index contributed by atoms with van der Waals surface area (Å²) in [5, 5.41) is 13.0. The molecule has 1 saturated heterocycles. The molecule has 5 nitrogen and oxygen atoms in total. The molecule has 1 aliphatic heterocycles. The van der Waals surface area contributed by atoms with Crippen LogP contribution in [0.5, 0.6) is 0 Å². The summed E-state index contributed by atoms with van der Waals surface area (Å²) in [5.41, 5.74) is 2.00. The zero-order chi connectivity index (χ0) is 20.7. The Morgan fingerprint density at radius 3 is 2.21 bits per heavy atom. The number of imide groups is 1. The summed E-state index contributed by atoms with van der Waals surface area (Å²) in [4.78, 5) is 26.2. The molecular weight excluding hydrogens is 500 g/mol. The third kappa shape index (κ3) is 4.00. The number of carbonyl (C=O) groups excluding carboxylic acids is 2. The minimum atomic E-state index is -0.848. The number of carbonyl (C=O) groups is 2. The van der Waals surface area contributed by atoms with Crippen molar-refractivity contribution in [1.82, 2.24) is 9.47 Å². The predicted molar refractivity (Wildman–Crippen MR) is 121 cm³/mol. The van der Waals surface area contributed by atoms with Crippen LogP contribution in [0.25, 0.3) is 21.8 Å². The first kappa shape index (κ1) is 20.6. The van der Waals surface area contributed by atoms with Crippen molar-refractivity contribution in [2.75, 3.05) is 6.54 Å². The Bertz CT molecular complexity index is 1050. The minimum Gasteiger partial charge on any atom is -0.389 e. The topological polar surface area (TPSA) is 62.5 Å². The largest absolute Gasteiger partial charge is 0.389 e. The summed E-state index contributed by atoms with van der Waals surface area (Å²) in [7, 11) is 0. The van der Waals surface area contributed by atoms with Crippen molar-refractivity contribution in [1.29, 1.82) is 0 Å². The lowest BCUT2D eigenvalue weighted by Gasteiger charge is -2.24. The van der Waals surface area contributed by atoms with E-state index in [4.69, 9.17) is 0 Å². The second-order valence-electron chi connectivity index (χ2n) is 7.72. The summed E-state index contributed by atoms with van der Waals surface area (Å²) >= 11 is 7.07. The fourth-order valence-electron chi connectivity index (χ4n) is 4.12. The van der Waals surface area contributed by atoms with E-state index in [9.17, 15) is 14.7 Å². The highest BCUT2D eigenvalue weighted by Crippen LogP contribution is 2.33.